The van der Waals surface area contributed by atoms with Crippen molar-refractivity contribution in [2.24, 2.45) is 0 Å². The molecule has 100 valence electrons. The van der Waals surface area contributed by atoms with Crippen molar-refractivity contribution in [3.8, 4) is 0 Å². The molecule has 1 aliphatic carbocycles. The summed E-state index contributed by atoms with van der Waals surface area (Å²) in [6, 6.07) is 0.417. The molecule has 2 N–H and O–H groups in total. The highest BCUT2D eigenvalue weighted by Gasteiger charge is 2.16. The molecule has 1 aromatic rings. The van der Waals surface area contributed by atoms with Crippen LogP contribution in [0.5, 0.6) is 0 Å². The second-order valence-corrected chi connectivity index (χ2v) is 5.90. The van der Waals surface area contributed by atoms with E-state index in [2.05, 4.69) is 21.0 Å². The molecule has 18 heavy (non-hydrogen) atoms. The molecule has 2 rings (SSSR count). The molecule has 1 saturated carbocycles. The standard InChI is InChI=1S/C13H21N3OS/c1-10-15-12(9-18-10)6-7-14-8-13(17)16-11-4-2-3-5-11/h9,11,14H,2-8H2,1H3,(H,16,17). The smallest absolute Gasteiger partial charge is 0.234 e. The van der Waals surface area contributed by atoms with Crippen molar-refractivity contribution in [3.63, 3.8) is 0 Å². The third-order valence-electron chi connectivity index (χ3n) is 3.23. The Hall–Kier alpha value is -0.940. The van der Waals surface area contributed by atoms with Gasteiger partial charge in [-0.25, -0.2) is 4.98 Å². The van der Waals surface area contributed by atoms with Crippen LogP contribution < -0.4 is 10.6 Å². The van der Waals surface area contributed by atoms with Crippen molar-refractivity contribution in [3.05, 3.63) is 16.1 Å². The van der Waals surface area contributed by atoms with Gasteiger partial charge in [-0.2, -0.15) is 0 Å². The fraction of sp³-hybridized carbons (Fsp3) is 0.692. The topological polar surface area (TPSA) is 54.0 Å². The van der Waals surface area contributed by atoms with Crippen molar-refractivity contribution >= 4 is 17.2 Å². The second-order valence-electron chi connectivity index (χ2n) is 4.83. The van der Waals surface area contributed by atoms with Gasteiger partial charge in [0.05, 0.1) is 17.2 Å². The zero-order valence-corrected chi connectivity index (χ0v) is 11.7. The van der Waals surface area contributed by atoms with E-state index in [9.17, 15) is 4.79 Å². The summed E-state index contributed by atoms with van der Waals surface area (Å²) in [6.07, 6.45) is 5.68. The Balaban J connectivity index is 1.56. The van der Waals surface area contributed by atoms with Gasteiger partial charge in [-0.1, -0.05) is 12.8 Å². The van der Waals surface area contributed by atoms with E-state index in [-0.39, 0.29) is 5.91 Å². The van der Waals surface area contributed by atoms with Crippen molar-refractivity contribution in [1.82, 2.24) is 15.6 Å². The minimum Gasteiger partial charge on any atom is -0.352 e. The maximum absolute atomic E-state index is 11.6. The van der Waals surface area contributed by atoms with Crippen LogP contribution in [0.1, 0.15) is 36.4 Å². The predicted molar refractivity (Wildman–Crippen MR) is 73.8 cm³/mol. The summed E-state index contributed by atoms with van der Waals surface area (Å²) in [6.45, 7) is 3.23. The van der Waals surface area contributed by atoms with Gasteiger partial charge in [-0.15, -0.1) is 11.3 Å². The summed E-state index contributed by atoms with van der Waals surface area (Å²) >= 11 is 1.67. The number of amides is 1. The number of hydrogen-bond donors (Lipinski definition) is 2. The third kappa shape index (κ3) is 4.38. The van der Waals surface area contributed by atoms with Crippen molar-refractivity contribution in [2.45, 2.75) is 45.1 Å². The Morgan fingerprint density at radius 3 is 2.94 bits per heavy atom. The number of nitrogens with one attached hydrogen (secondary N) is 2. The molecule has 0 aromatic carbocycles. The molecule has 0 unspecified atom stereocenters. The van der Waals surface area contributed by atoms with E-state index in [4.69, 9.17) is 0 Å². The Morgan fingerprint density at radius 2 is 2.28 bits per heavy atom. The lowest BCUT2D eigenvalue weighted by Gasteiger charge is -2.12. The third-order valence-corrected chi connectivity index (χ3v) is 4.05. The van der Waals surface area contributed by atoms with E-state index in [1.807, 2.05) is 6.92 Å². The summed E-state index contributed by atoms with van der Waals surface area (Å²) in [5.74, 6) is 0.122. The van der Waals surface area contributed by atoms with Crippen LogP contribution in [0.3, 0.4) is 0 Å². The Labute approximate surface area is 112 Å². The van der Waals surface area contributed by atoms with E-state index < -0.39 is 0 Å². The number of aromatic nitrogens is 1. The molecule has 0 atom stereocenters. The van der Waals surface area contributed by atoms with Gasteiger partial charge in [0.15, 0.2) is 0 Å². The molecule has 5 heteroatoms. The van der Waals surface area contributed by atoms with Gasteiger partial charge >= 0.3 is 0 Å². The van der Waals surface area contributed by atoms with Crippen LogP contribution in [0.4, 0.5) is 0 Å². The van der Waals surface area contributed by atoms with E-state index >= 15 is 0 Å². The van der Waals surface area contributed by atoms with Gasteiger partial charge in [0.1, 0.15) is 0 Å². The van der Waals surface area contributed by atoms with Gasteiger partial charge in [0.2, 0.25) is 5.91 Å². The SMILES string of the molecule is Cc1nc(CCNCC(=O)NC2CCCC2)cs1. The van der Waals surface area contributed by atoms with Crippen LogP contribution >= 0.6 is 11.3 Å². The lowest BCUT2D eigenvalue weighted by molar-refractivity contribution is -0.120. The lowest BCUT2D eigenvalue weighted by atomic mass is 10.2. The molecule has 0 saturated heterocycles. The largest absolute Gasteiger partial charge is 0.352 e. The van der Waals surface area contributed by atoms with Crippen molar-refractivity contribution in [2.75, 3.05) is 13.1 Å². The normalized spacial score (nSPS) is 16.1. The average Bonchev–Trinajstić information content (AvgIpc) is 2.96. The maximum Gasteiger partial charge on any atom is 0.234 e. The molecule has 0 radical (unpaired) electrons. The molecule has 0 aliphatic heterocycles. The number of carbonyl (C=O) groups is 1. The molecule has 1 aromatic heterocycles. The molecule has 1 fully saturated rings. The molecule has 1 heterocycles. The van der Waals surface area contributed by atoms with Crippen molar-refractivity contribution in [1.29, 1.82) is 0 Å². The van der Waals surface area contributed by atoms with Gasteiger partial charge in [-0.05, 0) is 19.8 Å². The van der Waals surface area contributed by atoms with E-state index in [1.165, 1.54) is 12.8 Å². The first-order chi connectivity index (χ1) is 8.74. The highest BCUT2D eigenvalue weighted by atomic mass is 32.1. The number of aryl methyl sites for hydroxylation is 1. The molecular weight excluding hydrogens is 246 g/mol. The number of rotatable bonds is 6. The number of thiazole rings is 1. The van der Waals surface area contributed by atoms with E-state index in [1.54, 1.807) is 11.3 Å². The van der Waals surface area contributed by atoms with Crippen LogP contribution in [0.15, 0.2) is 5.38 Å². The molecule has 1 amide bonds. The maximum atomic E-state index is 11.6. The summed E-state index contributed by atoms with van der Waals surface area (Å²) < 4.78 is 0. The summed E-state index contributed by atoms with van der Waals surface area (Å²) in [7, 11) is 0. The number of carbonyl (C=O) groups excluding carboxylic acids is 1. The Bertz CT molecular complexity index is 385. The summed E-state index contributed by atoms with van der Waals surface area (Å²) in [5.41, 5.74) is 1.11. The molecule has 4 nitrogen and oxygen atoms in total. The molecule has 1 aliphatic rings. The Morgan fingerprint density at radius 1 is 1.50 bits per heavy atom. The first-order valence-corrected chi connectivity index (χ1v) is 7.53. The highest BCUT2D eigenvalue weighted by molar-refractivity contribution is 7.09. The van der Waals surface area contributed by atoms with Crippen LogP contribution in [0.25, 0.3) is 0 Å². The number of hydrogen-bond acceptors (Lipinski definition) is 4. The zero-order chi connectivity index (χ0) is 12.8. The lowest BCUT2D eigenvalue weighted by Crippen LogP contribution is -2.39. The van der Waals surface area contributed by atoms with Crippen LogP contribution in [0, 0.1) is 6.92 Å². The first kappa shape index (κ1) is 13.5. The number of nitrogens with zero attached hydrogens (tertiary/aromatic N) is 1. The fourth-order valence-electron chi connectivity index (χ4n) is 2.29. The van der Waals surface area contributed by atoms with Gasteiger partial charge in [0.25, 0.3) is 0 Å². The fourth-order valence-corrected chi connectivity index (χ4v) is 2.94. The van der Waals surface area contributed by atoms with Gasteiger partial charge < -0.3 is 10.6 Å². The Kier molecular flexibility index (Phi) is 5.13. The second kappa shape index (κ2) is 6.85. The highest BCUT2D eigenvalue weighted by Crippen LogP contribution is 2.17. The average molecular weight is 267 g/mol. The van der Waals surface area contributed by atoms with Crippen LogP contribution in [-0.4, -0.2) is 30.0 Å². The van der Waals surface area contributed by atoms with E-state index in [0.717, 1.165) is 36.5 Å². The van der Waals surface area contributed by atoms with Crippen LogP contribution in [0.2, 0.25) is 0 Å². The minimum atomic E-state index is 0.122. The monoisotopic (exact) mass is 267 g/mol. The van der Waals surface area contributed by atoms with Gasteiger partial charge in [0, 0.05) is 24.4 Å². The molecule has 0 spiro atoms. The van der Waals surface area contributed by atoms with Gasteiger partial charge in [-0.3, -0.25) is 4.79 Å². The summed E-state index contributed by atoms with van der Waals surface area (Å²) in [5, 5.41) is 9.42. The first-order valence-electron chi connectivity index (χ1n) is 6.65. The van der Waals surface area contributed by atoms with Crippen molar-refractivity contribution < 1.29 is 4.79 Å². The quantitative estimate of drug-likeness (QED) is 0.771. The summed E-state index contributed by atoms with van der Waals surface area (Å²) in [4.78, 5) is 16.0. The predicted octanol–water partition coefficient (Wildman–Crippen LogP) is 1.64. The molecule has 0 bridgehead atoms. The van der Waals surface area contributed by atoms with Crippen LogP contribution in [-0.2, 0) is 11.2 Å². The van der Waals surface area contributed by atoms with E-state index in [0.29, 0.717) is 12.6 Å². The minimum absolute atomic E-state index is 0.122. The molecular formula is C13H21N3OS. The zero-order valence-electron chi connectivity index (χ0n) is 10.9.